The maximum atomic E-state index is 5.86. The van der Waals surface area contributed by atoms with Crippen LogP contribution < -0.4 is 10.6 Å². The molecule has 0 aliphatic carbocycles. The van der Waals surface area contributed by atoms with Crippen LogP contribution in [0.2, 0.25) is 0 Å². The van der Waals surface area contributed by atoms with E-state index in [1.807, 2.05) is 36.7 Å². The minimum absolute atomic E-state index is 0.767. The summed E-state index contributed by atoms with van der Waals surface area (Å²) in [6.45, 7) is 0. The van der Waals surface area contributed by atoms with Crippen molar-refractivity contribution in [2.24, 2.45) is 0 Å². The molecule has 2 heterocycles. The second kappa shape index (κ2) is 8.34. The highest BCUT2D eigenvalue weighted by molar-refractivity contribution is 5.90. The van der Waals surface area contributed by atoms with Gasteiger partial charge in [0, 0.05) is 45.9 Å². The molecule has 4 aromatic carbocycles. The van der Waals surface area contributed by atoms with Crippen LogP contribution in [0.15, 0.2) is 122 Å². The number of fused-ring (bicyclic) bond motifs is 2. The Morgan fingerprint density at radius 3 is 1.50 bits per heavy atom. The van der Waals surface area contributed by atoms with Crippen molar-refractivity contribution in [1.29, 1.82) is 0 Å². The van der Waals surface area contributed by atoms with Gasteiger partial charge in [-0.15, -0.1) is 0 Å². The maximum Gasteiger partial charge on any atom is 0.0703 e. The number of nitrogens with zero attached hydrogens (tertiary/aromatic N) is 3. The summed E-state index contributed by atoms with van der Waals surface area (Å²) in [6.07, 6.45) is 3.65. The predicted octanol–water partition coefficient (Wildman–Crippen LogP) is 7.50. The van der Waals surface area contributed by atoms with Gasteiger partial charge < -0.3 is 10.6 Å². The van der Waals surface area contributed by atoms with Crippen LogP contribution in [0.25, 0.3) is 32.9 Å². The largest absolute Gasteiger partial charge is 0.399 e. The van der Waals surface area contributed by atoms with E-state index in [9.17, 15) is 0 Å². The summed E-state index contributed by atoms with van der Waals surface area (Å²) in [7, 11) is 0. The van der Waals surface area contributed by atoms with Crippen molar-refractivity contribution in [1.82, 2.24) is 9.97 Å². The Morgan fingerprint density at radius 2 is 0.971 bits per heavy atom. The second-order valence-electron chi connectivity index (χ2n) is 8.27. The highest BCUT2D eigenvalue weighted by Gasteiger charge is 2.14. The number of rotatable bonds is 4. The molecule has 0 amide bonds. The first kappa shape index (κ1) is 19.9. The topological polar surface area (TPSA) is 55.0 Å². The number of hydrogen-bond acceptors (Lipinski definition) is 4. The summed E-state index contributed by atoms with van der Waals surface area (Å²) in [5.74, 6) is 0. The van der Waals surface area contributed by atoms with Crippen molar-refractivity contribution >= 4 is 44.6 Å². The molecular formula is C30H22N4. The van der Waals surface area contributed by atoms with Gasteiger partial charge in [-0.3, -0.25) is 9.97 Å². The third-order valence-corrected chi connectivity index (χ3v) is 6.06. The first-order valence-electron chi connectivity index (χ1n) is 11.2. The fraction of sp³-hybridized carbons (Fsp3) is 0. The SMILES string of the molecule is Nc1ccc(-c2ccc(N(c3ccc4ncccc4c3)c3ccc4ncccc4c3)cc2)cc1. The van der Waals surface area contributed by atoms with Crippen molar-refractivity contribution in [2.75, 3.05) is 10.6 Å². The van der Waals surface area contributed by atoms with Gasteiger partial charge in [-0.2, -0.15) is 0 Å². The van der Waals surface area contributed by atoms with Crippen molar-refractivity contribution in [3.63, 3.8) is 0 Å². The number of aromatic nitrogens is 2. The summed E-state index contributed by atoms with van der Waals surface area (Å²) in [5, 5.41) is 2.21. The summed E-state index contributed by atoms with van der Waals surface area (Å²) in [6, 6.07) is 37.5. The molecule has 0 aliphatic heterocycles. The molecule has 0 atom stereocenters. The normalized spacial score (nSPS) is 11.1. The van der Waals surface area contributed by atoms with Crippen molar-refractivity contribution in [3.8, 4) is 11.1 Å². The molecule has 162 valence electrons. The zero-order valence-corrected chi connectivity index (χ0v) is 18.5. The Hall–Kier alpha value is -4.70. The van der Waals surface area contributed by atoms with Gasteiger partial charge in [0.2, 0.25) is 0 Å². The standard InChI is InChI=1S/C30H22N4/c31-25-9-5-21(6-10-25)22-7-11-26(12-8-22)34(27-13-15-29-23(19-27)3-1-17-32-29)28-14-16-30-24(20-28)4-2-18-33-30/h1-20H,31H2. The lowest BCUT2D eigenvalue weighted by molar-refractivity contribution is 1.29. The lowest BCUT2D eigenvalue weighted by atomic mass is 10.0. The molecule has 6 rings (SSSR count). The molecule has 34 heavy (non-hydrogen) atoms. The maximum absolute atomic E-state index is 5.86. The fourth-order valence-electron chi connectivity index (χ4n) is 4.33. The van der Waals surface area contributed by atoms with E-state index in [1.54, 1.807) is 0 Å². The molecule has 4 heteroatoms. The molecule has 2 aromatic heterocycles. The highest BCUT2D eigenvalue weighted by Crippen LogP contribution is 2.37. The van der Waals surface area contributed by atoms with E-state index in [1.165, 1.54) is 0 Å². The van der Waals surface area contributed by atoms with Gasteiger partial charge in [-0.05, 0) is 83.9 Å². The molecule has 0 unspecified atom stereocenters. The van der Waals surface area contributed by atoms with Gasteiger partial charge in [0.05, 0.1) is 11.0 Å². The molecular weight excluding hydrogens is 416 g/mol. The number of hydrogen-bond donors (Lipinski definition) is 1. The molecule has 0 radical (unpaired) electrons. The average molecular weight is 439 g/mol. The van der Waals surface area contributed by atoms with Gasteiger partial charge in [0.25, 0.3) is 0 Å². The molecule has 0 spiro atoms. The van der Waals surface area contributed by atoms with Gasteiger partial charge in [0.1, 0.15) is 0 Å². The smallest absolute Gasteiger partial charge is 0.0703 e. The van der Waals surface area contributed by atoms with Gasteiger partial charge in [-0.1, -0.05) is 36.4 Å². The number of benzene rings is 4. The molecule has 0 saturated heterocycles. The molecule has 0 aliphatic rings. The molecule has 4 nitrogen and oxygen atoms in total. The summed E-state index contributed by atoms with van der Waals surface area (Å²) in [4.78, 5) is 11.2. The van der Waals surface area contributed by atoms with Crippen LogP contribution in [-0.4, -0.2) is 9.97 Å². The quantitative estimate of drug-likeness (QED) is 0.290. The number of nitrogens with two attached hydrogens (primary N) is 1. The van der Waals surface area contributed by atoms with E-state index in [4.69, 9.17) is 5.73 Å². The van der Waals surface area contributed by atoms with Crippen LogP contribution in [0.5, 0.6) is 0 Å². The fourth-order valence-corrected chi connectivity index (χ4v) is 4.33. The summed E-state index contributed by atoms with van der Waals surface area (Å²) >= 11 is 0. The Bertz CT molecular complexity index is 1530. The average Bonchev–Trinajstić information content (AvgIpc) is 2.90. The van der Waals surface area contributed by atoms with E-state index in [-0.39, 0.29) is 0 Å². The Morgan fingerprint density at radius 1 is 0.500 bits per heavy atom. The Balaban J connectivity index is 1.48. The molecule has 0 saturated carbocycles. The predicted molar refractivity (Wildman–Crippen MR) is 142 cm³/mol. The Kier molecular flexibility index (Phi) is 4.89. The van der Waals surface area contributed by atoms with Crippen LogP contribution in [0.1, 0.15) is 0 Å². The van der Waals surface area contributed by atoms with Crippen LogP contribution >= 0.6 is 0 Å². The molecule has 2 N–H and O–H groups in total. The first-order valence-corrected chi connectivity index (χ1v) is 11.2. The minimum Gasteiger partial charge on any atom is -0.399 e. The third kappa shape index (κ3) is 3.71. The van der Waals surface area contributed by atoms with Crippen molar-refractivity contribution in [3.05, 3.63) is 122 Å². The van der Waals surface area contributed by atoms with E-state index in [0.29, 0.717) is 0 Å². The molecule has 0 bridgehead atoms. The summed E-state index contributed by atoms with van der Waals surface area (Å²) < 4.78 is 0. The highest BCUT2D eigenvalue weighted by atomic mass is 15.1. The van der Waals surface area contributed by atoms with Crippen LogP contribution in [0, 0.1) is 0 Å². The van der Waals surface area contributed by atoms with Crippen molar-refractivity contribution in [2.45, 2.75) is 0 Å². The molecule has 6 aromatic rings. The number of nitrogen functional groups attached to an aromatic ring is 1. The van der Waals surface area contributed by atoms with Crippen molar-refractivity contribution < 1.29 is 0 Å². The number of pyridine rings is 2. The van der Waals surface area contributed by atoms with Crippen LogP contribution in [0.4, 0.5) is 22.7 Å². The van der Waals surface area contributed by atoms with Crippen LogP contribution in [0.3, 0.4) is 0 Å². The second-order valence-corrected chi connectivity index (χ2v) is 8.27. The zero-order chi connectivity index (χ0) is 22.9. The van der Waals surface area contributed by atoms with Gasteiger partial charge in [0.15, 0.2) is 0 Å². The summed E-state index contributed by atoms with van der Waals surface area (Å²) in [5.41, 5.74) is 14.1. The van der Waals surface area contributed by atoms with Gasteiger partial charge in [-0.25, -0.2) is 0 Å². The monoisotopic (exact) mass is 438 g/mol. The lowest BCUT2D eigenvalue weighted by Gasteiger charge is -2.26. The lowest BCUT2D eigenvalue weighted by Crippen LogP contribution is -2.10. The van der Waals surface area contributed by atoms with Gasteiger partial charge >= 0.3 is 0 Å². The first-order chi connectivity index (χ1) is 16.7. The molecule has 0 fully saturated rings. The van der Waals surface area contributed by atoms with E-state index in [0.717, 1.165) is 55.7 Å². The third-order valence-electron chi connectivity index (χ3n) is 6.06. The Labute approximate surface area is 198 Å². The number of anilines is 4. The minimum atomic E-state index is 0.767. The zero-order valence-electron chi connectivity index (χ0n) is 18.5. The van der Waals surface area contributed by atoms with E-state index in [2.05, 4.69) is 99.8 Å². The van der Waals surface area contributed by atoms with E-state index < -0.39 is 0 Å². The van der Waals surface area contributed by atoms with E-state index >= 15 is 0 Å². The van der Waals surface area contributed by atoms with Crippen LogP contribution in [-0.2, 0) is 0 Å².